The molecule has 0 fully saturated rings. The summed E-state index contributed by atoms with van der Waals surface area (Å²) < 4.78 is 27.4. The fourth-order valence-corrected chi connectivity index (χ4v) is 2.26. The normalized spacial score (nSPS) is 11.4. The molecule has 1 amide bonds. The van der Waals surface area contributed by atoms with Gasteiger partial charge in [0.05, 0.1) is 0 Å². The smallest absolute Gasteiger partial charge is 0.335 e. The van der Waals surface area contributed by atoms with Gasteiger partial charge in [0.2, 0.25) is 15.7 Å². The zero-order valence-corrected chi connectivity index (χ0v) is 13.2. The minimum Gasteiger partial charge on any atom is -0.413 e. The Kier molecular flexibility index (Phi) is 4.92. The maximum atomic E-state index is 11.9. The van der Waals surface area contributed by atoms with Crippen LogP contribution in [0.15, 0.2) is 33.9 Å². The van der Waals surface area contributed by atoms with Crippen molar-refractivity contribution in [2.75, 3.05) is 12.8 Å². The Labute approximate surface area is 128 Å². The summed E-state index contributed by atoms with van der Waals surface area (Å²) in [7, 11) is -3.48. The molecular formula is C14H17N3O4S. The van der Waals surface area contributed by atoms with E-state index < -0.39 is 9.84 Å². The molecule has 0 aliphatic rings. The number of nitrogens with one attached hydrogen (secondary N) is 1. The van der Waals surface area contributed by atoms with Crippen molar-refractivity contribution in [2.24, 2.45) is 0 Å². The van der Waals surface area contributed by atoms with E-state index in [9.17, 15) is 13.2 Å². The molecule has 0 aliphatic carbocycles. The molecule has 22 heavy (non-hydrogen) atoms. The molecule has 0 saturated carbocycles. The molecule has 0 spiro atoms. The van der Waals surface area contributed by atoms with Crippen LogP contribution in [0.4, 0.5) is 0 Å². The van der Waals surface area contributed by atoms with E-state index in [-0.39, 0.29) is 17.0 Å². The molecule has 0 bridgehead atoms. The largest absolute Gasteiger partial charge is 0.413 e. The quantitative estimate of drug-likeness (QED) is 0.800. The van der Waals surface area contributed by atoms with Crippen LogP contribution in [0, 0.1) is 6.92 Å². The third kappa shape index (κ3) is 4.39. The highest BCUT2D eigenvalue weighted by atomic mass is 32.2. The van der Waals surface area contributed by atoms with Gasteiger partial charge in [0.25, 0.3) is 5.91 Å². The topological polar surface area (TPSA) is 102 Å². The third-order valence-electron chi connectivity index (χ3n) is 2.90. The highest BCUT2D eigenvalue weighted by molar-refractivity contribution is 7.90. The number of carbonyl (C=O) groups excluding carboxylic acids is 1. The summed E-state index contributed by atoms with van der Waals surface area (Å²) >= 11 is 0. The molecule has 0 aliphatic heterocycles. The molecule has 0 atom stereocenters. The van der Waals surface area contributed by atoms with Crippen LogP contribution < -0.4 is 5.32 Å². The Balaban J connectivity index is 1.80. The van der Waals surface area contributed by atoms with Crippen molar-refractivity contribution < 1.29 is 17.6 Å². The highest BCUT2D eigenvalue weighted by Crippen LogP contribution is 2.08. The number of sulfone groups is 1. The van der Waals surface area contributed by atoms with Crippen LogP contribution in [0.25, 0.3) is 0 Å². The van der Waals surface area contributed by atoms with E-state index in [0.29, 0.717) is 24.9 Å². The first kappa shape index (κ1) is 16.2. The van der Waals surface area contributed by atoms with Gasteiger partial charge in [0.15, 0.2) is 0 Å². The first-order chi connectivity index (χ1) is 10.4. The lowest BCUT2D eigenvalue weighted by molar-refractivity contribution is 0.0953. The van der Waals surface area contributed by atoms with Crippen LogP contribution in [0.2, 0.25) is 0 Å². The lowest BCUT2D eigenvalue weighted by Gasteiger charge is -2.04. The Morgan fingerprint density at radius 2 is 2.09 bits per heavy atom. The van der Waals surface area contributed by atoms with Crippen molar-refractivity contribution in [1.29, 1.82) is 0 Å². The monoisotopic (exact) mass is 323 g/mol. The predicted octanol–water partition coefficient (Wildman–Crippen LogP) is 1.14. The molecule has 1 aromatic carbocycles. The SMILES string of the molecule is Cc1cccc(C(=O)NCCCc2nnc(S(C)(=O)=O)o2)c1. The second-order valence-electron chi connectivity index (χ2n) is 4.96. The van der Waals surface area contributed by atoms with E-state index in [1.54, 1.807) is 6.07 Å². The van der Waals surface area contributed by atoms with Crippen LogP contribution in [-0.2, 0) is 16.3 Å². The Morgan fingerprint density at radius 3 is 2.73 bits per heavy atom. The van der Waals surface area contributed by atoms with Crippen molar-refractivity contribution in [3.8, 4) is 0 Å². The summed E-state index contributed by atoms with van der Waals surface area (Å²) in [6.45, 7) is 2.36. The van der Waals surface area contributed by atoms with Crippen molar-refractivity contribution in [3.63, 3.8) is 0 Å². The maximum Gasteiger partial charge on any atom is 0.335 e. The minimum atomic E-state index is -3.48. The second kappa shape index (κ2) is 6.69. The van der Waals surface area contributed by atoms with E-state index in [1.165, 1.54) is 0 Å². The van der Waals surface area contributed by atoms with Gasteiger partial charge in [-0.2, -0.15) is 0 Å². The fraction of sp³-hybridized carbons (Fsp3) is 0.357. The maximum absolute atomic E-state index is 11.9. The zero-order chi connectivity index (χ0) is 16.2. The summed E-state index contributed by atoms with van der Waals surface area (Å²) in [6.07, 6.45) is 1.98. The number of carbonyl (C=O) groups is 1. The molecule has 1 heterocycles. The summed E-state index contributed by atoms with van der Waals surface area (Å²) in [5.74, 6) is 0.0938. The molecule has 1 aromatic heterocycles. The number of hydrogen-bond donors (Lipinski definition) is 1. The molecule has 2 rings (SSSR count). The number of nitrogens with zero attached hydrogens (tertiary/aromatic N) is 2. The van der Waals surface area contributed by atoms with Crippen LogP contribution in [0.3, 0.4) is 0 Å². The lowest BCUT2D eigenvalue weighted by Crippen LogP contribution is -2.24. The minimum absolute atomic E-state index is 0.147. The fourth-order valence-electron chi connectivity index (χ4n) is 1.82. The Hall–Kier alpha value is -2.22. The summed E-state index contributed by atoms with van der Waals surface area (Å²) in [5.41, 5.74) is 1.63. The number of aromatic nitrogens is 2. The van der Waals surface area contributed by atoms with Gasteiger partial charge in [-0.1, -0.05) is 22.8 Å². The molecule has 7 nitrogen and oxygen atoms in total. The summed E-state index contributed by atoms with van der Waals surface area (Å²) in [6, 6.07) is 7.31. The molecule has 1 N–H and O–H groups in total. The summed E-state index contributed by atoms with van der Waals surface area (Å²) in [5, 5.41) is 9.53. The number of benzene rings is 1. The lowest BCUT2D eigenvalue weighted by atomic mass is 10.1. The van der Waals surface area contributed by atoms with Gasteiger partial charge in [0, 0.05) is 24.8 Å². The van der Waals surface area contributed by atoms with Gasteiger partial charge in [-0.3, -0.25) is 4.79 Å². The first-order valence-electron chi connectivity index (χ1n) is 6.73. The Morgan fingerprint density at radius 1 is 1.32 bits per heavy atom. The molecule has 8 heteroatoms. The number of amides is 1. The van der Waals surface area contributed by atoms with Gasteiger partial charge >= 0.3 is 5.22 Å². The molecular weight excluding hydrogens is 306 g/mol. The number of aryl methyl sites for hydroxylation is 2. The number of hydrogen-bond acceptors (Lipinski definition) is 6. The van der Waals surface area contributed by atoms with Gasteiger partial charge in [-0.25, -0.2) is 8.42 Å². The van der Waals surface area contributed by atoms with Crippen molar-refractivity contribution in [2.45, 2.75) is 25.0 Å². The van der Waals surface area contributed by atoms with E-state index in [0.717, 1.165) is 11.8 Å². The average molecular weight is 323 g/mol. The molecule has 2 aromatic rings. The van der Waals surface area contributed by atoms with Crippen LogP contribution >= 0.6 is 0 Å². The first-order valence-corrected chi connectivity index (χ1v) is 8.63. The van der Waals surface area contributed by atoms with Crippen molar-refractivity contribution in [3.05, 3.63) is 41.3 Å². The molecule has 0 radical (unpaired) electrons. The molecule has 0 unspecified atom stereocenters. The van der Waals surface area contributed by atoms with Crippen molar-refractivity contribution in [1.82, 2.24) is 15.5 Å². The third-order valence-corrected chi connectivity index (χ3v) is 3.70. The van der Waals surface area contributed by atoms with E-state index >= 15 is 0 Å². The summed E-state index contributed by atoms with van der Waals surface area (Å²) in [4.78, 5) is 11.9. The van der Waals surface area contributed by atoms with E-state index in [1.807, 2.05) is 25.1 Å². The van der Waals surface area contributed by atoms with E-state index in [2.05, 4.69) is 15.5 Å². The van der Waals surface area contributed by atoms with Crippen molar-refractivity contribution >= 4 is 15.7 Å². The second-order valence-corrected chi connectivity index (χ2v) is 6.86. The van der Waals surface area contributed by atoms with Gasteiger partial charge in [-0.05, 0) is 25.5 Å². The average Bonchev–Trinajstić information content (AvgIpc) is 2.92. The van der Waals surface area contributed by atoms with E-state index in [4.69, 9.17) is 4.42 Å². The molecule has 0 saturated heterocycles. The highest BCUT2D eigenvalue weighted by Gasteiger charge is 2.16. The van der Waals surface area contributed by atoms with Crippen LogP contribution in [0.1, 0.15) is 28.2 Å². The Bertz CT molecular complexity index is 768. The number of rotatable bonds is 6. The van der Waals surface area contributed by atoms with Gasteiger partial charge in [-0.15, -0.1) is 5.10 Å². The zero-order valence-electron chi connectivity index (χ0n) is 12.4. The predicted molar refractivity (Wildman–Crippen MR) is 79.2 cm³/mol. The molecule has 118 valence electrons. The van der Waals surface area contributed by atoms with Crippen LogP contribution in [-0.4, -0.2) is 37.3 Å². The standard InChI is InChI=1S/C14H17N3O4S/c1-10-5-3-6-11(9-10)13(18)15-8-4-7-12-16-17-14(21-12)22(2,19)20/h3,5-6,9H,4,7-8H2,1-2H3,(H,15,18). The van der Waals surface area contributed by atoms with Crippen LogP contribution in [0.5, 0.6) is 0 Å². The van der Waals surface area contributed by atoms with Gasteiger partial charge in [0.1, 0.15) is 0 Å². The van der Waals surface area contributed by atoms with Gasteiger partial charge < -0.3 is 9.73 Å².